The van der Waals surface area contributed by atoms with Crippen LogP contribution in [-0.4, -0.2) is 12.6 Å². The third-order valence-corrected chi connectivity index (χ3v) is 2.08. The lowest BCUT2D eigenvalue weighted by atomic mass is 10.1. The van der Waals surface area contributed by atoms with Gasteiger partial charge in [-0.3, -0.25) is 0 Å². The summed E-state index contributed by atoms with van der Waals surface area (Å²) in [5.41, 5.74) is 0. The molecule has 1 atom stereocenters. The molecule has 0 bridgehead atoms. The number of hydrogen-bond donors (Lipinski definition) is 1. The van der Waals surface area contributed by atoms with E-state index in [4.69, 9.17) is 0 Å². The van der Waals surface area contributed by atoms with E-state index >= 15 is 0 Å². The average Bonchev–Trinajstić information content (AvgIpc) is 2.41. The van der Waals surface area contributed by atoms with Gasteiger partial charge in [-0.2, -0.15) is 0 Å². The molecule has 0 aromatic heterocycles. The molecule has 58 valence electrons. The fraction of sp³-hybridized carbons (Fsp3) is 0.778. The molecule has 1 heteroatoms. The van der Waals surface area contributed by atoms with E-state index in [0.29, 0.717) is 0 Å². The number of hydrogen-bond acceptors (Lipinski definition) is 1. The van der Waals surface area contributed by atoms with Gasteiger partial charge >= 0.3 is 0 Å². The van der Waals surface area contributed by atoms with Crippen LogP contribution in [0.1, 0.15) is 32.6 Å². The van der Waals surface area contributed by atoms with Crippen molar-refractivity contribution in [1.82, 2.24) is 5.32 Å². The van der Waals surface area contributed by atoms with Crippen LogP contribution >= 0.6 is 0 Å². The van der Waals surface area contributed by atoms with Crippen LogP contribution in [-0.2, 0) is 0 Å². The van der Waals surface area contributed by atoms with Crippen molar-refractivity contribution in [3.63, 3.8) is 0 Å². The topological polar surface area (TPSA) is 12.0 Å². The third kappa shape index (κ3) is 2.53. The molecule has 1 saturated heterocycles. The highest BCUT2D eigenvalue weighted by atomic mass is 14.9. The summed E-state index contributed by atoms with van der Waals surface area (Å²) in [5.74, 6) is 0. The summed E-state index contributed by atoms with van der Waals surface area (Å²) in [6.45, 7) is 3.32. The molecule has 1 rings (SSSR count). The summed E-state index contributed by atoms with van der Waals surface area (Å²) in [6, 6.07) is 0.816. The molecule has 1 N–H and O–H groups in total. The van der Waals surface area contributed by atoms with Crippen LogP contribution in [0.3, 0.4) is 0 Å². The van der Waals surface area contributed by atoms with Gasteiger partial charge in [-0.1, -0.05) is 12.2 Å². The minimum atomic E-state index is 0.816. The van der Waals surface area contributed by atoms with Crippen molar-refractivity contribution < 1.29 is 0 Å². The Balaban J connectivity index is 2.01. The van der Waals surface area contributed by atoms with Gasteiger partial charge in [0.2, 0.25) is 0 Å². The van der Waals surface area contributed by atoms with Crippen molar-refractivity contribution in [3.8, 4) is 0 Å². The second-order valence-corrected chi connectivity index (χ2v) is 2.94. The quantitative estimate of drug-likeness (QED) is 0.590. The van der Waals surface area contributed by atoms with E-state index in [1.165, 1.54) is 32.2 Å². The molecule has 0 saturated carbocycles. The van der Waals surface area contributed by atoms with Crippen molar-refractivity contribution in [1.29, 1.82) is 0 Å². The summed E-state index contributed by atoms with van der Waals surface area (Å²) in [5, 5.41) is 3.48. The van der Waals surface area contributed by atoms with Crippen molar-refractivity contribution in [2.75, 3.05) is 6.54 Å². The molecular formula is C9H17N. The van der Waals surface area contributed by atoms with Gasteiger partial charge in [0.25, 0.3) is 0 Å². The lowest BCUT2D eigenvalue weighted by Crippen LogP contribution is -2.20. The normalized spacial score (nSPS) is 26.3. The molecule has 10 heavy (non-hydrogen) atoms. The summed E-state index contributed by atoms with van der Waals surface area (Å²) in [4.78, 5) is 0. The van der Waals surface area contributed by atoms with Gasteiger partial charge in [0.1, 0.15) is 0 Å². The summed E-state index contributed by atoms with van der Waals surface area (Å²) < 4.78 is 0. The van der Waals surface area contributed by atoms with Gasteiger partial charge in [0.05, 0.1) is 0 Å². The van der Waals surface area contributed by atoms with Crippen molar-refractivity contribution in [2.45, 2.75) is 38.6 Å². The molecule has 1 aliphatic rings. The maximum Gasteiger partial charge on any atom is 0.00704 e. The molecule has 1 unspecified atom stereocenters. The predicted molar refractivity (Wildman–Crippen MR) is 45.1 cm³/mol. The molecular weight excluding hydrogens is 122 g/mol. The zero-order chi connectivity index (χ0) is 7.23. The number of nitrogens with one attached hydrogen (secondary N) is 1. The SMILES string of the molecule is CC=CCCC1CCCN1. The maximum atomic E-state index is 3.48. The van der Waals surface area contributed by atoms with Gasteiger partial charge < -0.3 is 5.32 Å². The van der Waals surface area contributed by atoms with Gasteiger partial charge in [-0.25, -0.2) is 0 Å². The number of rotatable bonds is 3. The van der Waals surface area contributed by atoms with E-state index in [1.807, 2.05) is 0 Å². The zero-order valence-corrected chi connectivity index (χ0v) is 6.77. The van der Waals surface area contributed by atoms with Crippen molar-refractivity contribution >= 4 is 0 Å². The lowest BCUT2D eigenvalue weighted by molar-refractivity contribution is 0.564. The molecule has 0 radical (unpaired) electrons. The smallest absolute Gasteiger partial charge is 0.00704 e. The fourth-order valence-electron chi connectivity index (χ4n) is 1.47. The standard InChI is InChI=1S/C9H17N/c1-2-3-4-6-9-7-5-8-10-9/h2-3,9-10H,4-8H2,1H3. The van der Waals surface area contributed by atoms with E-state index < -0.39 is 0 Å². The minimum absolute atomic E-state index is 0.816. The predicted octanol–water partition coefficient (Wildman–Crippen LogP) is 2.09. The Morgan fingerprint density at radius 2 is 2.50 bits per heavy atom. The van der Waals surface area contributed by atoms with Gasteiger partial charge in [0.15, 0.2) is 0 Å². The fourth-order valence-corrected chi connectivity index (χ4v) is 1.47. The second kappa shape index (κ2) is 4.51. The van der Waals surface area contributed by atoms with Gasteiger partial charge in [-0.05, 0) is 39.2 Å². The Morgan fingerprint density at radius 1 is 1.60 bits per heavy atom. The molecule has 1 heterocycles. The lowest BCUT2D eigenvalue weighted by Gasteiger charge is -2.06. The summed E-state index contributed by atoms with van der Waals surface area (Å²) in [7, 11) is 0. The van der Waals surface area contributed by atoms with E-state index in [9.17, 15) is 0 Å². The molecule has 1 fully saturated rings. The summed E-state index contributed by atoms with van der Waals surface area (Å²) in [6.07, 6.45) is 9.71. The highest BCUT2D eigenvalue weighted by molar-refractivity contribution is 4.81. The van der Waals surface area contributed by atoms with Crippen LogP contribution < -0.4 is 5.32 Å². The van der Waals surface area contributed by atoms with Gasteiger partial charge in [-0.15, -0.1) is 0 Å². The Labute approximate surface area is 63.5 Å². The maximum absolute atomic E-state index is 3.48. The Morgan fingerprint density at radius 3 is 3.10 bits per heavy atom. The average molecular weight is 139 g/mol. The summed E-state index contributed by atoms with van der Waals surface area (Å²) >= 11 is 0. The van der Waals surface area contributed by atoms with E-state index in [-0.39, 0.29) is 0 Å². The van der Waals surface area contributed by atoms with Crippen LogP contribution in [0.5, 0.6) is 0 Å². The van der Waals surface area contributed by atoms with Crippen molar-refractivity contribution in [3.05, 3.63) is 12.2 Å². The van der Waals surface area contributed by atoms with E-state index in [1.54, 1.807) is 0 Å². The van der Waals surface area contributed by atoms with E-state index in [2.05, 4.69) is 24.4 Å². The van der Waals surface area contributed by atoms with Crippen LogP contribution in [0.15, 0.2) is 12.2 Å². The van der Waals surface area contributed by atoms with E-state index in [0.717, 1.165) is 6.04 Å². The Bertz CT molecular complexity index is 101. The molecule has 0 aliphatic carbocycles. The first-order chi connectivity index (χ1) is 4.93. The first kappa shape index (κ1) is 7.80. The highest BCUT2D eigenvalue weighted by Gasteiger charge is 2.11. The van der Waals surface area contributed by atoms with Crippen molar-refractivity contribution in [2.24, 2.45) is 0 Å². The van der Waals surface area contributed by atoms with Crippen LogP contribution in [0.25, 0.3) is 0 Å². The number of allylic oxidation sites excluding steroid dienone is 2. The minimum Gasteiger partial charge on any atom is -0.314 e. The molecule has 0 spiro atoms. The molecule has 1 aliphatic heterocycles. The van der Waals surface area contributed by atoms with Gasteiger partial charge in [0, 0.05) is 6.04 Å². The third-order valence-electron chi connectivity index (χ3n) is 2.08. The van der Waals surface area contributed by atoms with Crippen LogP contribution in [0.4, 0.5) is 0 Å². The molecule has 1 nitrogen and oxygen atoms in total. The first-order valence-electron chi connectivity index (χ1n) is 4.28. The largest absolute Gasteiger partial charge is 0.314 e. The molecule has 0 amide bonds. The Hall–Kier alpha value is -0.300. The van der Waals surface area contributed by atoms with Crippen LogP contribution in [0, 0.1) is 0 Å². The Kier molecular flexibility index (Phi) is 3.52. The molecule has 0 aromatic carbocycles. The van der Waals surface area contributed by atoms with Crippen LogP contribution in [0.2, 0.25) is 0 Å². The first-order valence-corrected chi connectivity index (χ1v) is 4.28. The highest BCUT2D eigenvalue weighted by Crippen LogP contribution is 2.10. The molecule has 0 aromatic rings. The second-order valence-electron chi connectivity index (χ2n) is 2.94. The monoisotopic (exact) mass is 139 g/mol. The zero-order valence-electron chi connectivity index (χ0n) is 6.77.